The summed E-state index contributed by atoms with van der Waals surface area (Å²) in [6, 6.07) is 0.374. The van der Waals surface area contributed by atoms with E-state index in [0.717, 1.165) is 25.1 Å². The smallest absolute Gasteiger partial charge is 0.219 e. The monoisotopic (exact) mass is 234 g/mol. The standard InChI is InChI=1S/C10H22N2O2S/c1-9(6-8-15(3)14)12-7-4-5-10(13)11-2/h9,12H,4-8H2,1-3H3,(H,11,13). The number of hydrogen-bond donors (Lipinski definition) is 2. The molecule has 1 amide bonds. The Hall–Kier alpha value is -0.420. The van der Waals surface area contributed by atoms with Crippen molar-refractivity contribution in [2.75, 3.05) is 25.6 Å². The molecule has 0 rings (SSSR count). The lowest BCUT2D eigenvalue weighted by atomic mass is 10.2. The fourth-order valence-corrected chi connectivity index (χ4v) is 1.85. The summed E-state index contributed by atoms with van der Waals surface area (Å²) in [5, 5.41) is 5.89. The Morgan fingerprint density at radius 2 is 2.13 bits per heavy atom. The van der Waals surface area contributed by atoms with E-state index in [-0.39, 0.29) is 5.91 Å². The van der Waals surface area contributed by atoms with Crippen LogP contribution in [0.4, 0.5) is 0 Å². The minimum Gasteiger partial charge on any atom is -0.359 e. The molecule has 0 spiro atoms. The van der Waals surface area contributed by atoms with Crippen LogP contribution in [0.5, 0.6) is 0 Å². The van der Waals surface area contributed by atoms with E-state index in [9.17, 15) is 9.00 Å². The molecular formula is C10H22N2O2S. The van der Waals surface area contributed by atoms with Gasteiger partial charge in [-0.05, 0) is 26.3 Å². The van der Waals surface area contributed by atoms with Crippen molar-refractivity contribution in [3.63, 3.8) is 0 Å². The lowest BCUT2D eigenvalue weighted by Crippen LogP contribution is -2.29. The lowest BCUT2D eigenvalue weighted by Gasteiger charge is -2.12. The van der Waals surface area contributed by atoms with E-state index in [0.29, 0.717) is 12.5 Å². The maximum atomic E-state index is 10.9. The van der Waals surface area contributed by atoms with Gasteiger partial charge in [0.15, 0.2) is 0 Å². The number of rotatable bonds is 8. The Bertz CT molecular complexity index is 210. The van der Waals surface area contributed by atoms with Crippen molar-refractivity contribution >= 4 is 16.7 Å². The molecule has 0 heterocycles. The fraction of sp³-hybridized carbons (Fsp3) is 0.900. The zero-order valence-corrected chi connectivity index (χ0v) is 10.7. The second-order valence-corrected chi connectivity index (χ2v) is 5.25. The van der Waals surface area contributed by atoms with Gasteiger partial charge in [0.1, 0.15) is 0 Å². The second-order valence-electron chi connectivity index (χ2n) is 3.70. The van der Waals surface area contributed by atoms with Crippen molar-refractivity contribution in [1.82, 2.24) is 10.6 Å². The first-order valence-corrected chi connectivity index (χ1v) is 7.03. The summed E-state index contributed by atoms with van der Waals surface area (Å²) < 4.78 is 10.8. The van der Waals surface area contributed by atoms with Gasteiger partial charge < -0.3 is 10.6 Å². The highest BCUT2D eigenvalue weighted by Gasteiger charge is 2.03. The predicted molar refractivity (Wildman–Crippen MR) is 64.3 cm³/mol. The minimum absolute atomic E-state index is 0.0825. The third-order valence-electron chi connectivity index (χ3n) is 2.19. The van der Waals surface area contributed by atoms with Gasteiger partial charge in [-0.1, -0.05) is 0 Å². The predicted octanol–water partition coefficient (Wildman–Crippen LogP) is 0.259. The molecule has 90 valence electrons. The van der Waals surface area contributed by atoms with Crippen molar-refractivity contribution in [2.24, 2.45) is 0 Å². The van der Waals surface area contributed by atoms with E-state index in [1.807, 2.05) is 0 Å². The second kappa shape index (κ2) is 8.85. The van der Waals surface area contributed by atoms with E-state index >= 15 is 0 Å². The van der Waals surface area contributed by atoms with Crippen LogP contribution in [0.2, 0.25) is 0 Å². The highest BCUT2D eigenvalue weighted by Crippen LogP contribution is 1.94. The number of carbonyl (C=O) groups excluding carboxylic acids is 1. The van der Waals surface area contributed by atoms with Gasteiger partial charge in [-0.25, -0.2) is 0 Å². The van der Waals surface area contributed by atoms with Crippen molar-refractivity contribution < 1.29 is 9.00 Å². The van der Waals surface area contributed by atoms with Crippen LogP contribution in [-0.2, 0) is 15.6 Å². The van der Waals surface area contributed by atoms with E-state index in [1.165, 1.54) is 0 Å². The maximum Gasteiger partial charge on any atom is 0.219 e. The molecule has 2 unspecified atom stereocenters. The van der Waals surface area contributed by atoms with Gasteiger partial charge in [0.2, 0.25) is 5.91 Å². The highest BCUT2D eigenvalue weighted by molar-refractivity contribution is 7.84. The number of amides is 1. The molecule has 0 radical (unpaired) electrons. The quantitative estimate of drug-likeness (QED) is 0.592. The Labute approximate surface area is 94.7 Å². The van der Waals surface area contributed by atoms with Crippen LogP contribution >= 0.6 is 0 Å². The summed E-state index contributed by atoms with van der Waals surface area (Å²) in [7, 11) is 0.941. The average Bonchev–Trinajstić information content (AvgIpc) is 2.21. The largest absolute Gasteiger partial charge is 0.359 e. The van der Waals surface area contributed by atoms with Gasteiger partial charge in [0.05, 0.1) is 0 Å². The zero-order valence-electron chi connectivity index (χ0n) is 9.84. The average molecular weight is 234 g/mol. The molecule has 0 bridgehead atoms. The van der Waals surface area contributed by atoms with E-state index in [1.54, 1.807) is 13.3 Å². The van der Waals surface area contributed by atoms with E-state index in [2.05, 4.69) is 17.6 Å². The summed E-state index contributed by atoms with van der Waals surface area (Å²) in [5.41, 5.74) is 0. The molecule has 0 aliphatic carbocycles. The van der Waals surface area contributed by atoms with Crippen LogP contribution in [0.25, 0.3) is 0 Å². The molecule has 5 heteroatoms. The Morgan fingerprint density at radius 1 is 1.47 bits per heavy atom. The van der Waals surface area contributed by atoms with Gasteiger partial charge in [0, 0.05) is 42.3 Å². The molecule has 0 aliphatic heterocycles. The van der Waals surface area contributed by atoms with E-state index in [4.69, 9.17) is 0 Å². The maximum absolute atomic E-state index is 10.9. The van der Waals surface area contributed by atoms with Crippen LogP contribution in [0.3, 0.4) is 0 Å². The van der Waals surface area contributed by atoms with Crippen LogP contribution in [0.1, 0.15) is 26.2 Å². The molecule has 15 heavy (non-hydrogen) atoms. The summed E-state index contributed by atoms with van der Waals surface area (Å²) in [5.74, 6) is 0.822. The molecule has 0 aromatic rings. The summed E-state index contributed by atoms with van der Waals surface area (Å²) in [4.78, 5) is 10.9. The Kier molecular flexibility index (Phi) is 8.61. The molecule has 0 saturated heterocycles. The van der Waals surface area contributed by atoms with Gasteiger partial charge in [0.25, 0.3) is 0 Å². The molecule has 2 atom stereocenters. The van der Waals surface area contributed by atoms with Crippen molar-refractivity contribution in [2.45, 2.75) is 32.2 Å². The first-order valence-electron chi connectivity index (χ1n) is 5.30. The third kappa shape index (κ3) is 9.87. The van der Waals surface area contributed by atoms with Crippen molar-refractivity contribution in [3.8, 4) is 0 Å². The normalized spacial score (nSPS) is 14.6. The topological polar surface area (TPSA) is 58.2 Å². The summed E-state index contributed by atoms with van der Waals surface area (Å²) in [6.45, 7) is 2.91. The summed E-state index contributed by atoms with van der Waals surface area (Å²) >= 11 is 0. The minimum atomic E-state index is -0.706. The van der Waals surface area contributed by atoms with Gasteiger partial charge in [-0.2, -0.15) is 0 Å². The molecule has 0 fully saturated rings. The van der Waals surface area contributed by atoms with Crippen molar-refractivity contribution in [3.05, 3.63) is 0 Å². The molecule has 2 N–H and O–H groups in total. The molecular weight excluding hydrogens is 212 g/mol. The lowest BCUT2D eigenvalue weighted by molar-refractivity contribution is -0.120. The molecule has 0 aliphatic rings. The van der Waals surface area contributed by atoms with Gasteiger partial charge in [-0.15, -0.1) is 0 Å². The van der Waals surface area contributed by atoms with Crippen molar-refractivity contribution in [1.29, 1.82) is 0 Å². The van der Waals surface area contributed by atoms with Gasteiger partial charge >= 0.3 is 0 Å². The summed E-state index contributed by atoms with van der Waals surface area (Å²) in [6.07, 6.45) is 4.05. The van der Waals surface area contributed by atoms with Crippen LogP contribution in [0, 0.1) is 0 Å². The van der Waals surface area contributed by atoms with Crippen LogP contribution in [0.15, 0.2) is 0 Å². The molecule has 0 aromatic heterocycles. The zero-order chi connectivity index (χ0) is 11.7. The number of carbonyl (C=O) groups is 1. The Balaban J connectivity index is 3.34. The molecule has 0 aromatic carbocycles. The SMILES string of the molecule is CNC(=O)CCCNC(C)CCS(C)=O. The van der Waals surface area contributed by atoms with Gasteiger partial charge in [-0.3, -0.25) is 9.00 Å². The highest BCUT2D eigenvalue weighted by atomic mass is 32.2. The first kappa shape index (κ1) is 14.6. The fourth-order valence-electron chi connectivity index (χ4n) is 1.17. The molecule has 0 saturated carbocycles. The van der Waals surface area contributed by atoms with E-state index < -0.39 is 10.8 Å². The Morgan fingerprint density at radius 3 is 2.67 bits per heavy atom. The first-order chi connectivity index (χ1) is 7.06. The number of hydrogen-bond acceptors (Lipinski definition) is 3. The van der Waals surface area contributed by atoms with Crippen LogP contribution in [-0.4, -0.2) is 41.8 Å². The third-order valence-corrected chi connectivity index (χ3v) is 3.00. The molecule has 4 nitrogen and oxygen atoms in total. The van der Waals surface area contributed by atoms with Crippen LogP contribution < -0.4 is 10.6 Å². The number of nitrogens with one attached hydrogen (secondary N) is 2.